The first-order valence-electron chi connectivity index (χ1n) is 7.10. The molecule has 1 fully saturated rings. The van der Waals surface area contributed by atoms with Gasteiger partial charge in [0.15, 0.2) is 0 Å². The zero-order valence-electron chi connectivity index (χ0n) is 12.0. The lowest BCUT2D eigenvalue weighted by Gasteiger charge is -2.32. The van der Waals surface area contributed by atoms with E-state index in [1.54, 1.807) is 0 Å². The third kappa shape index (κ3) is 2.60. The first-order valence-corrected chi connectivity index (χ1v) is 7.48. The molecule has 0 atom stereocenters. The zero-order chi connectivity index (χ0) is 14.2. The molecule has 2 heterocycles. The number of anilines is 1. The van der Waals surface area contributed by atoms with E-state index < -0.39 is 0 Å². The van der Waals surface area contributed by atoms with Gasteiger partial charge in [-0.2, -0.15) is 0 Å². The number of fused-ring (bicyclic) bond motifs is 1. The van der Waals surface area contributed by atoms with Crippen LogP contribution in [0, 0.1) is 0 Å². The van der Waals surface area contributed by atoms with Crippen LogP contribution in [-0.2, 0) is 0 Å². The largest absolute Gasteiger partial charge is 0.368 e. The highest BCUT2D eigenvalue weighted by molar-refractivity contribution is 6.35. The van der Waals surface area contributed by atoms with Crippen LogP contribution in [0.4, 0.5) is 5.69 Å². The molecular formula is C16H20ClN3. The predicted molar refractivity (Wildman–Crippen MR) is 85.7 cm³/mol. The summed E-state index contributed by atoms with van der Waals surface area (Å²) in [4.78, 5) is 6.97. The third-order valence-corrected chi connectivity index (χ3v) is 4.16. The first-order chi connectivity index (χ1) is 9.57. The molecule has 106 valence electrons. The molecule has 1 aliphatic rings. The molecule has 0 spiro atoms. The van der Waals surface area contributed by atoms with Crippen molar-refractivity contribution in [3.8, 4) is 0 Å². The maximum Gasteiger partial charge on any atom is 0.0950 e. The van der Waals surface area contributed by atoms with Gasteiger partial charge in [0.1, 0.15) is 0 Å². The standard InChI is InChI=1S/C16H20ClN3/c1-16(2)11-20(10-4-9-19-16)14-7-6-13(17)12-5-3-8-18-15(12)14/h3,5-8,19H,4,9-11H2,1-2H3. The lowest BCUT2D eigenvalue weighted by Crippen LogP contribution is -2.46. The van der Waals surface area contributed by atoms with Gasteiger partial charge in [-0.3, -0.25) is 4.98 Å². The van der Waals surface area contributed by atoms with Gasteiger partial charge in [0.05, 0.1) is 16.2 Å². The van der Waals surface area contributed by atoms with Gasteiger partial charge in [0, 0.05) is 30.2 Å². The van der Waals surface area contributed by atoms with Crippen LogP contribution in [0.5, 0.6) is 0 Å². The van der Waals surface area contributed by atoms with Gasteiger partial charge < -0.3 is 10.2 Å². The number of nitrogens with zero attached hydrogens (tertiary/aromatic N) is 2. The number of hydrogen-bond acceptors (Lipinski definition) is 3. The minimum atomic E-state index is 0.108. The Morgan fingerprint density at radius 1 is 1.30 bits per heavy atom. The van der Waals surface area contributed by atoms with E-state index in [1.807, 2.05) is 24.4 Å². The van der Waals surface area contributed by atoms with Gasteiger partial charge in [-0.15, -0.1) is 0 Å². The summed E-state index contributed by atoms with van der Waals surface area (Å²) in [5, 5.41) is 5.39. The summed E-state index contributed by atoms with van der Waals surface area (Å²) in [6.45, 7) is 7.57. The average molecular weight is 290 g/mol. The van der Waals surface area contributed by atoms with Gasteiger partial charge >= 0.3 is 0 Å². The second-order valence-corrected chi connectivity index (χ2v) is 6.46. The predicted octanol–water partition coefficient (Wildman–Crippen LogP) is 3.47. The molecule has 1 aromatic carbocycles. The summed E-state index contributed by atoms with van der Waals surface area (Å²) >= 11 is 6.29. The fraction of sp³-hybridized carbons (Fsp3) is 0.438. The van der Waals surface area contributed by atoms with E-state index in [0.717, 1.165) is 42.0 Å². The lowest BCUT2D eigenvalue weighted by atomic mass is 10.0. The average Bonchev–Trinajstić information content (AvgIpc) is 2.60. The maximum atomic E-state index is 6.29. The van der Waals surface area contributed by atoms with Crippen LogP contribution in [0.15, 0.2) is 30.5 Å². The quantitative estimate of drug-likeness (QED) is 0.871. The van der Waals surface area contributed by atoms with Crippen molar-refractivity contribution in [2.75, 3.05) is 24.5 Å². The minimum absolute atomic E-state index is 0.108. The maximum absolute atomic E-state index is 6.29. The number of rotatable bonds is 1. The van der Waals surface area contributed by atoms with Crippen LogP contribution in [0.2, 0.25) is 5.02 Å². The van der Waals surface area contributed by atoms with Gasteiger partial charge in [-0.1, -0.05) is 11.6 Å². The van der Waals surface area contributed by atoms with Crippen LogP contribution in [0.25, 0.3) is 10.9 Å². The lowest BCUT2D eigenvalue weighted by molar-refractivity contribution is 0.416. The molecule has 0 radical (unpaired) electrons. The van der Waals surface area contributed by atoms with Gasteiger partial charge in [-0.25, -0.2) is 0 Å². The van der Waals surface area contributed by atoms with Crippen molar-refractivity contribution in [2.45, 2.75) is 25.8 Å². The van der Waals surface area contributed by atoms with Crippen molar-refractivity contribution in [1.82, 2.24) is 10.3 Å². The summed E-state index contributed by atoms with van der Waals surface area (Å²) < 4.78 is 0. The van der Waals surface area contributed by atoms with Crippen molar-refractivity contribution in [1.29, 1.82) is 0 Å². The highest BCUT2D eigenvalue weighted by Gasteiger charge is 2.25. The van der Waals surface area contributed by atoms with Gasteiger partial charge in [-0.05, 0) is 51.1 Å². The van der Waals surface area contributed by atoms with E-state index >= 15 is 0 Å². The summed E-state index contributed by atoms with van der Waals surface area (Å²) in [7, 11) is 0. The molecule has 1 N–H and O–H groups in total. The molecule has 0 unspecified atom stereocenters. The summed E-state index contributed by atoms with van der Waals surface area (Å²) in [6, 6.07) is 8.05. The second kappa shape index (κ2) is 5.23. The van der Waals surface area contributed by atoms with Crippen LogP contribution in [0.3, 0.4) is 0 Å². The number of aromatic nitrogens is 1. The Balaban J connectivity index is 2.07. The molecule has 20 heavy (non-hydrogen) atoms. The van der Waals surface area contributed by atoms with E-state index in [-0.39, 0.29) is 5.54 Å². The Morgan fingerprint density at radius 2 is 2.15 bits per heavy atom. The van der Waals surface area contributed by atoms with Gasteiger partial charge in [0.25, 0.3) is 0 Å². The highest BCUT2D eigenvalue weighted by atomic mass is 35.5. The number of benzene rings is 1. The molecule has 2 aromatic rings. The monoisotopic (exact) mass is 289 g/mol. The molecule has 1 aliphatic heterocycles. The van der Waals surface area contributed by atoms with Crippen LogP contribution in [-0.4, -0.2) is 30.2 Å². The Hall–Kier alpha value is -1.32. The molecule has 4 heteroatoms. The van der Waals surface area contributed by atoms with Crippen molar-refractivity contribution < 1.29 is 0 Å². The smallest absolute Gasteiger partial charge is 0.0950 e. The van der Waals surface area contributed by atoms with Crippen LogP contribution >= 0.6 is 11.6 Å². The number of nitrogens with one attached hydrogen (secondary N) is 1. The summed E-state index contributed by atoms with van der Waals surface area (Å²) in [6.07, 6.45) is 2.98. The molecule has 0 aliphatic carbocycles. The van der Waals surface area contributed by atoms with E-state index in [9.17, 15) is 0 Å². The van der Waals surface area contributed by atoms with Crippen molar-refractivity contribution in [3.05, 3.63) is 35.5 Å². The Morgan fingerprint density at radius 3 is 3.00 bits per heavy atom. The Kier molecular flexibility index (Phi) is 3.57. The SMILES string of the molecule is CC1(C)CN(c2ccc(Cl)c3cccnc23)CCCN1. The van der Waals surface area contributed by atoms with E-state index in [4.69, 9.17) is 11.6 Å². The van der Waals surface area contributed by atoms with Gasteiger partial charge in [0.2, 0.25) is 0 Å². The summed E-state index contributed by atoms with van der Waals surface area (Å²) in [5.41, 5.74) is 2.29. The fourth-order valence-electron chi connectivity index (χ4n) is 2.89. The second-order valence-electron chi connectivity index (χ2n) is 6.05. The summed E-state index contributed by atoms with van der Waals surface area (Å²) in [5.74, 6) is 0. The minimum Gasteiger partial charge on any atom is -0.368 e. The molecule has 3 rings (SSSR count). The highest BCUT2D eigenvalue weighted by Crippen LogP contribution is 2.31. The molecule has 0 bridgehead atoms. The Labute approximate surface area is 124 Å². The molecule has 0 saturated carbocycles. The zero-order valence-corrected chi connectivity index (χ0v) is 12.7. The topological polar surface area (TPSA) is 28.2 Å². The first kappa shape index (κ1) is 13.7. The molecule has 3 nitrogen and oxygen atoms in total. The molecule has 1 aromatic heterocycles. The third-order valence-electron chi connectivity index (χ3n) is 3.83. The number of halogens is 1. The van der Waals surface area contributed by atoms with Crippen molar-refractivity contribution in [2.24, 2.45) is 0 Å². The molecular weight excluding hydrogens is 270 g/mol. The van der Waals surface area contributed by atoms with E-state index in [2.05, 4.69) is 35.1 Å². The normalized spacial score (nSPS) is 19.1. The van der Waals surface area contributed by atoms with Crippen molar-refractivity contribution in [3.63, 3.8) is 0 Å². The molecule has 1 saturated heterocycles. The van der Waals surface area contributed by atoms with Crippen molar-refractivity contribution >= 4 is 28.2 Å². The van der Waals surface area contributed by atoms with E-state index in [0.29, 0.717) is 0 Å². The Bertz CT molecular complexity index is 624. The molecule has 0 amide bonds. The van der Waals surface area contributed by atoms with Crippen LogP contribution in [0.1, 0.15) is 20.3 Å². The van der Waals surface area contributed by atoms with Crippen LogP contribution < -0.4 is 10.2 Å². The van der Waals surface area contributed by atoms with E-state index in [1.165, 1.54) is 5.69 Å². The fourth-order valence-corrected chi connectivity index (χ4v) is 3.11. The number of hydrogen-bond donors (Lipinski definition) is 1. The number of pyridine rings is 1.